The van der Waals surface area contributed by atoms with Crippen LogP contribution in [-0.4, -0.2) is 31.4 Å². The van der Waals surface area contributed by atoms with Crippen molar-refractivity contribution in [2.75, 3.05) is 14.1 Å². The predicted molar refractivity (Wildman–Crippen MR) is 117 cm³/mol. The molecule has 0 spiro atoms. The summed E-state index contributed by atoms with van der Waals surface area (Å²) in [6.45, 7) is 7.26. The van der Waals surface area contributed by atoms with E-state index < -0.39 is 0 Å². The van der Waals surface area contributed by atoms with Crippen LogP contribution >= 0.6 is 0 Å². The van der Waals surface area contributed by atoms with Crippen LogP contribution in [0.25, 0.3) is 0 Å². The van der Waals surface area contributed by atoms with Crippen molar-refractivity contribution < 1.29 is 40.6 Å². The van der Waals surface area contributed by atoms with Gasteiger partial charge in [-0.25, -0.2) is 9.36 Å². The number of aromatic nitrogens is 1. The molecule has 0 aliphatic carbocycles. The second kappa shape index (κ2) is 14.1. The van der Waals surface area contributed by atoms with Crippen LogP contribution in [0.3, 0.4) is 0 Å². The van der Waals surface area contributed by atoms with E-state index >= 15 is 0 Å². The molecule has 2 unspecified atom stereocenters. The lowest BCUT2D eigenvalue weighted by atomic mass is 10.0. The molecular weight excluding hydrogens is 460 g/mol. The Hall–Kier alpha value is -1.18. The van der Waals surface area contributed by atoms with Gasteiger partial charge in [0, 0.05) is 32.5 Å². The molecule has 7 heteroatoms. The van der Waals surface area contributed by atoms with Crippen molar-refractivity contribution >= 4 is 6.09 Å². The summed E-state index contributed by atoms with van der Waals surface area (Å²) in [6, 6.07) is 0. The van der Waals surface area contributed by atoms with Gasteiger partial charge in [0.05, 0.1) is 18.8 Å². The van der Waals surface area contributed by atoms with Crippen molar-refractivity contribution in [1.82, 2.24) is 4.90 Å². The van der Waals surface area contributed by atoms with Crippen LogP contribution in [0.1, 0.15) is 82.0 Å². The minimum absolute atomic E-state index is 0. The third kappa shape index (κ3) is 8.35. The van der Waals surface area contributed by atoms with Gasteiger partial charge in [0.2, 0.25) is 11.4 Å². The molecule has 1 aromatic rings. The Bertz CT molecular complexity index is 697. The first-order valence-electron chi connectivity index (χ1n) is 11.5. The van der Waals surface area contributed by atoms with Crippen molar-refractivity contribution in [1.29, 1.82) is 0 Å². The lowest BCUT2D eigenvalue weighted by Crippen LogP contribution is -3.00. The summed E-state index contributed by atoms with van der Waals surface area (Å²) in [4.78, 5) is 13.6. The van der Waals surface area contributed by atoms with Gasteiger partial charge in [-0.2, -0.15) is 0 Å². The number of hydrogen-bond donors (Lipinski definition) is 0. The van der Waals surface area contributed by atoms with Crippen LogP contribution in [0.15, 0.2) is 6.20 Å². The Morgan fingerprint density at radius 1 is 1.16 bits per heavy atom. The maximum Gasteiger partial charge on any atom is 0.414 e. The molecule has 0 N–H and O–H groups in total. The molecule has 2 rings (SSSR count). The molecule has 0 saturated heterocycles. The smallest absolute Gasteiger partial charge is 0.414 e. The molecule has 178 valence electrons. The molecule has 0 radical (unpaired) electrons. The summed E-state index contributed by atoms with van der Waals surface area (Å²) in [5.74, 6) is 0.912. The number of aryl methyl sites for hydroxylation is 1. The first-order valence-corrected chi connectivity index (χ1v) is 11.5. The molecule has 0 saturated carbocycles. The largest absolute Gasteiger partial charge is 1.00 e. The highest BCUT2D eigenvalue weighted by atomic mass is 79.9. The molecule has 1 aliphatic heterocycles. The normalized spacial score (nSPS) is 16.6. The van der Waals surface area contributed by atoms with Crippen LogP contribution in [-0.2, 0) is 29.7 Å². The zero-order chi connectivity index (χ0) is 22.1. The van der Waals surface area contributed by atoms with Crippen LogP contribution in [0.5, 0.6) is 5.75 Å². The summed E-state index contributed by atoms with van der Waals surface area (Å²) in [6.07, 6.45) is 11.7. The van der Waals surface area contributed by atoms with Gasteiger partial charge in [0.15, 0.2) is 12.5 Å². The fourth-order valence-corrected chi connectivity index (χ4v) is 3.80. The molecule has 0 fully saturated rings. The molecule has 1 aromatic heterocycles. The standard InChI is InChI=1S/C24H41N2O4.BrH/c1-7-8-9-10-11-12-13-14-18(2)23-28-16-20-15-26(6)19(3)22(21(20)17-29-23)30-24(27)25(4)5;/h15,18,23H,7-14,16-17H2,1-6H3;1H/q+1;/p-1. The van der Waals surface area contributed by atoms with E-state index in [0.29, 0.717) is 24.9 Å². The molecular formula is C24H41BrN2O4. The van der Waals surface area contributed by atoms with Crippen LogP contribution in [0.2, 0.25) is 0 Å². The van der Waals surface area contributed by atoms with Gasteiger partial charge < -0.3 is 36.1 Å². The summed E-state index contributed by atoms with van der Waals surface area (Å²) >= 11 is 0. The van der Waals surface area contributed by atoms with E-state index in [1.54, 1.807) is 14.1 Å². The van der Waals surface area contributed by atoms with Crippen molar-refractivity contribution in [2.24, 2.45) is 13.0 Å². The number of amides is 1. The Labute approximate surface area is 199 Å². The van der Waals surface area contributed by atoms with Crippen molar-refractivity contribution in [3.63, 3.8) is 0 Å². The van der Waals surface area contributed by atoms with Crippen LogP contribution in [0, 0.1) is 12.8 Å². The van der Waals surface area contributed by atoms with Gasteiger partial charge in [-0.05, 0) is 6.42 Å². The fraction of sp³-hybridized carbons (Fsp3) is 0.750. The Balaban J connectivity index is 0.00000480. The van der Waals surface area contributed by atoms with E-state index in [1.165, 1.54) is 49.8 Å². The number of ether oxygens (including phenoxy) is 3. The van der Waals surface area contributed by atoms with Gasteiger partial charge in [-0.1, -0.05) is 58.8 Å². The Morgan fingerprint density at radius 2 is 1.77 bits per heavy atom. The van der Waals surface area contributed by atoms with Crippen molar-refractivity contribution in [2.45, 2.75) is 91.6 Å². The van der Waals surface area contributed by atoms with Crippen molar-refractivity contribution in [3.8, 4) is 5.75 Å². The number of unbranched alkanes of at least 4 members (excludes halogenated alkanes) is 6. The number of nitrogens with zero attached hydrogens (tertiary/aromatic N) is 2. The predicted octanol–water partition coefficient (Wildman–Crippen LogP) is 2.03. The number of carbonyl (C=O) groups excluding carboxylic acids is 1. The zero-order valence-corrected chi connectivity index (χ0v) is 21.8. The van der Waals surface area contributed by atoms with E-state index in [-0.39, 0.29) is 29.4 Å². The van der Waals surface area contributed by atoms with E-state index in [9.17, 15) is 4.79 Å². The summed E-state index contributed by atoms with van der Waals surface area (Å²) in [5, 5.41) is 0. The second-order valence-electron chi connectivity index (χ2n) is 8.80. The van der Waals surface area contributed by atoms with Crippen molar-refractivity contribution in [3.05, 3.63) is 23.0 Å². The van der Waals surface area contributed by atoms with Gasteiger partial charge in [-0.3, -0.25) is 0 Å². The Morgan fingerprint density at radius 3 is 2.42 bits per heavy atom. The maximum atomic E-state index is 12.2. The number of halogens is 1. The number of hydrogen-bond acceptors (Lipinski definition) is 4. The third-order valence-electron chi connectivity index (χ3n) is 5.95. The van der Waals surface area contributed by atoms with Crippen LogP contribution in [0.4, 0.5) is 4.79 Å². The first-order chi connectivity index (χ1) is 14.3. The SMILES string of the molecule is CCCCCCCCCC(C)C1OCc2c[n+](C)c(C)c(OC(=O)N(C)C)c2CO1.[Br-]. The molecule has 0 aromatic carbocycles. The average molecular weight is 502 g/mol. The van der Waals surface area contributed by atoms with Gasteiger partial charge >= 0.3 is 6.09 Å². The Kier molecular flexibility index (Phi) is 12.6. The van der Waals surface area contributed by atoms with E-state index in [2.05, 4.69) is 13.8 Å². The molecule has 2 heterocycles. The van der Waals surface area contributed by atoms with E-state index in [0.717, 1.165) is 23.2 Å². The number of rotatable bonds is 10. The maximum absolute atomic E-state index is 12.2. The zero-order valence-electron chi connectivity index (χ0n) is 20.2. The minimum Gasteiger partial charge on any atom is -1.00 e. The van der Waals surface area contributed by atoms with Crippen LogP contribution < -0.4 is 26.3 Å². The molecule has 1 aliphatic rings. The third-order valence-corrected chi connectivity index (χ3v) is 5.95. The molecule has 2 atom stereocenters. The second-order valence-corrected chi connectivity index (χ2v) is 8.80. The summed E-state index contributed by atoms with van der Waals surface area (Å²) < 4.78 is 19.9. The number of carbonyl (C=O) groups is 1. The lowest BCUT2D eigenvalue weighted by Gasteiger charge is -2.22. The highest BCUT2D eigenvalue weighted by molar-refractivity contribution is 5.70. The highest BCUT2D eigenvalue weighted by Crippen LogP contribution is 2.31. The fourth-order valence-electron chi connectivity index (χ4n) is 3.80. The van der Waals surface area contributed by atoms with E-state index in [4.69, 9.17) is 14.2 Å². The minimum atomic E-state index is -0.388. The molecule has 1 amide bonds. The van der Waals surface area contributed by atoms with E-state index in [1.807, 2.05) is 24.7 Å². The molecule has 31 heavy (non-hydrogen) atoms. The first kappa shape index (κ1) is 27.9. The van der Waals surface area contributed by atoms with Gasteiger partial charge in [0.1, 0.15) is 7.05 Å². The molecule has 0 bridgehead atoms. The number of pyridine rings is 1. The summed E-state index contributed by atoms with van der Waals surface area (Å²) in [5.41, 5.74) is 2.81. The number of fused-ring (bicyclic) bond motifs is 1. The van der Waals surface area contributed by atoms with Gasteiger partial charge in [0.25, 0.3) is 0 Å². The lowest BCUT2D eigenvalue weighted by molar-refractivity contribution is -0.678. The monoisotopic (exact) mass is 500 g/mol. The van der Waals surface area contributed by atoms with Gasteiger partial charge in [-0.15, -0.1) is 0 Å². The summed E-state index contributed by atoms with van der Waals surface area (Å²) in [7, 11) is 5.32. The average Bonchev–Trinajstić information content (AvgIpc) is 2.92. The topological polar surface area (TPSA) is 51.9 Å². The molecule has 6 nitrogen and oxygen atoms in total. The highest BCUT2D eigenvalue weighted by Gasteiger charge is 2.29. The quantitative estimate of drug-likeness (QED) is 0.364.